The first-order valence-corrected chi connectivity index (χ1v) is 11.5. The highest BCUT2D eigenvalue weighted by Crippen LogP contribution is 2.42. The summed E-state index contributed by atoms with van der Waals surface area (Å²) >= 11 is 8.33. The number of halogens is 4. The summed E-state index contributed by atoms with van der Waals surface area (Å²) in [5.74, 6) is -0.377. The molecule has 0 unspecified atom stereocenters. The fourth-order valence-corrected chi connectivity index (χ4v) is 6.12. The summed E-state index contributed by atoms with van der Waals surface area (Å²) in [6.45, 7) is 2.01. The van der Waals surface area contributed by atoms with Gasteiger partial charge in [-0.1, -0.05) is 6.92 Å². The van der Waals surface area contributed by atoms with E-state index in [1.807, 2.05) is 31.2 Å². The second-order valence-corrected chi connectivity index (χ2v) is 10.5. The summed E-state index contributed by atoms with van der Waals surface area (Å²) in [7, 11) is 0. The molecule has 25 heavy (non-hydrogen) atoms. The van der Waals surface area contributed by atoms with Crippen LogP contribution in [0.25, 0.3) is 0 Å². The molecule has 0 heterocycles. The van der Waals surface area contributed by atoms with Gasteiger partial charge in [0, 0.05) is 11.8 Å². The smallest absolute Gasteiger partial charge is 0.303 e. The van der Waals surface area contributed by atoms with Crippen LogP contribution in [0.2, 0.25) is 0 Å². The van der Waals surface area contributed by atoms with Gasteiger partial charge in [0.25, 0.3) is 0 Å². The van der Waals surface area contributed by atoms with Gasteiger partial charge in [-0.15, -0.1) is 0 Å². The fraction of sp³-hybridized carbons (Fsp3) is 0.235. The molecule has 0 aromatic heterocycles. The molecule has 2 aromatic carbocycles. The van der Waals surface area contributed by atoms with Gasteiger partial charge in [-0.25, -0.2) is 0 Å². The summed E-state index contributed by atoms with van der Waals surface area (Å²) in [6, 6.07) is 7.58. The van der Waals surface area contributed by atoms with Gasteiger partial charge in [0.15, 0.2) is 0 Å². The van der Waals surface area contributed by atoms with Gasteiger partial charge in [0.1, 0.15) is 11.5 Å². The first-order valence-electron chi connectivity index (χ1n) is 7.15. The number of carbonyl (C=O) groups is 1. The fourth-order valence-electron chi connectivity index (χ4n) is 2.58. The van der Waals surface area contributed by atoms with Gasteiger partial charge < -0.3 is 15.3 Å². The van der Waals surface area contributed by atoms with E-state index in [4.69, 9.17) is 0 Å². The second kappa shape index (κ2) is 8.63. The molecule has 0 radical (unpaired) electrons. The van der Waals surface area contributed by atoms with Gasteiger partial charge in [-0.2, -0.15) is 0 Å². The van der Waals surface area contributed by atoms with Crippen LogP contribution in [0.3, 0.4) is 0 Å². The van der Waals surface area contributed by atoms with Crippen LogP contribution >= 0.6 is 90.4 Å². The maximum atomic E-state index is 11.2. The van der Waals surface area contributed by atoms with Crippen LogP contribution in [0.4, 0.5) is 0 Å². The van der Waals surface area contributed by atoms with E-state index in [1.165, 1.54) is 0 Å². The van der Waals surface area contributed by atoms with Crippen molar-refractivity contribution in [2.45, 2.75) is 25.2 Å². The molecule has 0 saturated carbocycles. The van der Waals surface area contributed by atoms with Crippen LogP contribution in [-0.4, -0.2) is 21.3 Å². The molecule has 3 N–H and O–H groups in total. The van der Waals surface area contributed by atoms with E-state index in [-0.39, 0.29) is 17.9 Å². The molecule has 0 aliphatic carbocycles. The molecule has 0 fully saturated rings. The number of benzene rings is 2. The molecule has 4 nitrogen and oxygen atoms in total. The maximum absolute atomic E-state index is 11.2. The SMILES string of the molecule is CC(CCC(=O)O)(c1cc(I)c(O)c(I)c1)c1cc(I)c(O)c(I)c1. The van der Waals surface area contributed by atoms with Crippen molar-refractivity contribution in [3.05, 3.63) is 49.7 Å². The third-order valence-electron chi connectivity index (χ3n) is 4.15. The minimum absolute atomic E-state index is 0.0264. The minimum atomic E-state index is -0.849. The van der Waals surface area contributed by atoms with Crippen molar-refractivity contribution in [2.24, 2.45) is 0 Å². The molecule has 0 saturated heterocycles. The van der Waals surface area contributed by atoms with E-state index >= 15 is 0 Å². The lowest BCUT2D eigenvalue weighted by Gasteiger charge is -2.32. The molecule has 0 amide bonds. The Morgan fingerprint density at radius 2 is 1.20 bits per heavy atom. The Kier molecular flexibility index (Phi) is 7.50. The van der Waals surface area contributed by atoms with Crippen molar-refractivity contribution in [1.82, 2.24) is 0 Å². The van der Waals surface area contributed by atoms with Crippen LogP contribution in [0.1, 0.15) is 30.9 Å². The monoisotopic (exact) mass is 790 g/mol. The zero-order valence-electron chi connectivity index (χ0n) is 13.0. The molecule has 0 atom stereocenters. The van der Waals surface area contributed by atoms with E-state index in [0.717, 1.165) is 25.4 Å². The standard InChI is InChI=1S/C17H14I4O4/c1-17(3-2-14(22)23,8-4-10(18)15(24)11(19)5-8)9-6-12(20)16(25)13(21)7-9/h4-7,24-25H,2-3H2,1H3,(H,22,23). The van der Waals surface area contributed by atoms with Gasteiger partial charge in [0.05, 0.1) is 14.3 Å². The van der Waals surface area contributed by atoms with Crippen molar-refractivity contribution < 1.29 is 20.1 Å². The average Bonchev–Trinajstić information content (AvgIpc) is 2.54. The molecule has 8 heteroatoms. The quantitative estimate of drug-likeness (QED) is 0.341. The molecule has 134 valence electrons. The summed E-state index contributed by atoms with van der Waals surface area (Å²) in [5.41, 5.74) is 1.33. The third-order valence-corrected chi connectivity index (χ3v) is 7.44. The number of carboxylic acids is 1. The van der Waals surface area contributed by atoms with Crippen molar-refractivity contribution in [3.8, 4) is 11.5 Å². The van der Waals surface area contributed by atoms with Crippen molar-refractivity contribution in [3.63, 3.8) is 0 Å². The third kappa shape index (κ3) is 4.83. The predicted octanol–water partition coefficient (Wildman–Crippen LogP) is 5.69. The van der Waals surface area contributed by atoms with Gasteiger partial charge in [-0.3, -0.25) is 4.79 Å². The minimum Gasteiger partial charge on any atom is -0.506 e. The molecular formula is C17H14I4O4. The number of hydrogen-bond donors (Lipinski definition) is 3. The number of phenols is 2. The van der Waals surface area contributed by atoms with E-state index in [0.29, 0.717) is 6.42 Å². The average molecular weight is 790 g/mol. The highest BCUT2D eigenvalue weighted by molar-refractivity contribution is 14.1. The van der Waals surface area contributed by atoms with Crippen molar-refractivity contribution >= 4 is 96.3 Å². The molecular weight excluding hydrogens is 776 g/mol. The number of aliphatic carboxylic acids is 1. The van der Waals surface area contributed by atoms with Gasteiger partial charge in [0.2, 0.25) is 0 Å². The highest BCUT2D eigenvalue weighted by atomic mass is 127. The Hall–Kier alpha value is 0.430. The molecule has 2 aromatic rings. The Labute approximate surface area is 200 Å². The number of rotatable bonds is 5. The molecule has 2 rings (SSSR count). The lowest BCUT2D eigenvalue weighted by molar-refractivity contribution is -0.137. The van der Waals surface area contributed by atoms with Gasteiger partial charge in [-0.05, 0) is 132 Å². The van der Waals surface area contributed by atoms with E-state index < -0.39 is 11.4 Å². The largest absolute Gasteiger partial charge is 0.506 e. The summed E-state index contributed by atoms with van der Waals surface area (Å²) in [4.78, 5) is 11.2. The number of hydrogen-bond acceptors (Lipinski definition) is 3. The summed E-state index contributed by atoms with van der Waals surface area (Å²) < 4.78 is 2.90. The van der Waals surface area contributed by atoms with Crippen molar-refractivity contribution in [1.29, 1.82) is 0 Å². The molecule has 0 spiro atoms. The summed E-state index contributed by atoms with van der Waals surface area (Å²) in [5, 5.41) is 29.3. The predicted molar refractivity (Wildman–Crippen MR) is 130 cm³/mol. The van der Waals surface area contributed by atoms with Crippen LogP contribution in [-0.2, 0) is 10.2 Å². The lowest BCUT2D eigenvalue weighted by atomic mass is 9.73. The molecule has 0 aliphatic rings. The topological polar surface area (TPSA) is 77.8 Å². The normalized spacial score (nSPS) is 11.6. The molecule has 0 aliphatic heterocycles. The van der Waals surface area contributed by atoms with Crippen LogP contribution < -0.4 is 0 Å². The number of carboxylic acid groups (broad SMARTS) is 1. The Bertz CT molecular complexity index is 732. The van der Waals surface area contributed by atoms with Crippen LogP contribution in [0.5, 0.6) is 11.5 Å². The lowest BCUT2D eigenvalue weighted by Crippen LogP contribution is -2.25. The van der Waals surface area contributed by atoms with E-state index in [1.54, 1.807) is 0 Å². The van der Waals surface area contributed by atoms with E-state index in [9.17, 15) is 20.1 Å². The van der Waals surface area contributed by atoms with Crippen LogP contribution in [0, 0.1) is 14.3 Å². The first kappa shape index (κ1) is 21.7. The number of aromatic hydroxyl groups is 2. The molecule has 0 bridgehead atoms. The van der Waals surface area contributed by atoms with Crippen LogP contribution in [0.15, 0.2) is 24.3 Å². The number of phenolic OH excluding ortho intramolecular Hbond substituents is 2. The zero-order valence-corrected chi connectivity index (χ0v) is 21.6. The summed E-state index contributed by atoms with van der Waals surface area (Å²) in [6.07, 6.45) is 0.439. The van der Waals surface area contributed by atoms with Gasteiger partial charge >= 0.3 is 5.97 Å². The van der Waals surface area contributed by atoms with Crippen molar-refractivity contribution in [2.75, 3.05) is 0 Å². The zero-order chi connectivity index (χ0) is 18.9. The second-order valence-electron chi connectivity index (χ2n) is 5.80. The van der Waals surface area contributed by atoms with E-state index in [2.05, 4.69) is 90.4 Å². The Morgan fingerprint density at radius 1 is 0.880 bits per heavy atom. The maximum Gasteiger partial charge on any atom is 0.303 e. The Balaban J connectivity index is 2.68. The Morgan fingerprint density at radius 3 is 1.48 bits per heavy atom. The highest BCUT2D eigenvalue weighted by Gasteiger charge is 2.32. The first-order chi connectivity index (χ1) is 11.6.